The highest BCUT2D eigenvalue weighted by Gasteiger charge is 2.23. The molecule has 1 aromatic heterocycles. The van der Waals surface area contributed by atoms with Gasteiger partial charge in [0.25, 0.3) is 0 Å². The van der Waals surface area contributed by atoms with E-state index in [4.69, 9.17) is 4.52 Å². The van der Waals surface area contributed by atoms with Crippen molar-refractivity contribution in [3.63, 3.8) is 0 Å². The number of nitrogens with zero attached hydrogens (tertiary/aromatic N) is 3. The molecule has 1 aliphatic heterocycles. The van der Waals surface area contributed by atoms with Crippen molar-refractivity contribution in [2.24, 2.45) is 0 Å². The maximum absolute atomic E-state index is 4.96. The Kier molecular flexibility index (Phi) is 3.02. The molecule has 0 bridgehead atoms. The van der Waals surface area contributed by atoms with Gasteiger partial charge < -0.3 is 9.84 Å². The molecule has 5 heteroatoms. The Morgan fingerprint density at radius 2 is 2.33 bits per heavy atom. The van der Waals surface area contributed by atoms with Gasteiger partial charge in [0.15, 0.2) is 5.82 Å². The van der Waals surface area contributed by atoms with Gasteiger partial charge >= 0.3 is 0 Å². The van der Waals surface area contributed by atoms with Gasteiger partial charge in [-0.05, 0) is 13.8 Å². The molecular weight excluding hydrogens is 192 g/mol. The summed E-state index contributed by atoms with van der Waals surface area (Å²) in [6.07, 6.45) is 0. The van der Waals surface area contributed by atoms with E-state index in [1.807, 2.05) is 6.92 Å². The van der Waals surface area contributed by atoms with Crippen LogP contribution in [0.5, 0.6) is 0 Å². The zero-order valence-electron chi connectivity index (χ0n) is 9.53. The fraction of sp³-hybridized carbons (Fsp3) is 0.800. The lowest BCUT2D eigenvalue weighted by molar-refractivity contribution is 0.134. The van der Waals surface area contributed by atoms with E-state index < -0.39 is 0 Å². The topological polar surface area (TPSA) is 54.2 Å². The van der Waals surface area contributed by atoms with Crippen LogP contribution in [0, 0.1) is 6.92 Å². The van der Waals surface area contributed by atoms with Crippen molar-refractivity contribution in [2.75, 3.05) is 13.1 Å². The first-order chi connectivity index (χ1) is 7.15. The predicted octanol–water partition coefficient (Wildman–Crippen LogP) is 0.560. The Bertz CT molecular complexity index is 325. The average molecular weight is 210 g/mol. The minimum absolute atomic E-state index is 0.528. The second-order valence-electron chi connectivity index (χ2n) is 4.32. The smallest absolute Gasteiger partial charge is 0.223 e. The SMILES string of the molecule is Cc1nc(CN2CC(C)NCC2C)no1. The molecule has 0 spiro atoms. The molecule has 1 N–H and O–H groups in total. The van der Waals surface area contributed by atoms with E-state index in [0.717, 1.165) is 25.5 Å². The normalized spacial score (nSPS) is 28.2. The van der Waals surface area contributed by atoms with Crippen LogP contribution in [0.25, 0.3) is 0 Å². The van der Waals surface area contributed by atoms with Gasteiger partial charge in [0.05, 0.1) is 6.54 Å². The standard InChI is InChI=1S/C10H18N4O/c1-7-5-14(8(2)4-11-7)6-10-12-9(3)15-13-10/h7-8,11H,4-6H2,1-3H3. The highest BCUT2D eigenvalue weighted by atomic mass is 16.5. The summed E-state index contributed by atoms with van der Waals surface area (Å²) in [4.78, 5) is 6.60. The molecule has 2 atom stereocenters. The fourth-order valence-corrected chi connectivity index (χ4v) is 1.90. The van der Waals surface area contributed by atoms with Gasteiger partial charge in [-0.15, -0.1) is 0 Å². The van der Waals surface area contributed by atoms with E-state index in [-0.39, 0.29) is 0 Å². The molecule has 5 nitrogen and oxygen atoms in total. The largest absolute Gasteiger partial charge is 0.340 e. The lowest BCUT2D eigenvalue weighted by Gasteiger charge is -2.36. The van der Waals surface area contributed by atoms with E-state index in [2.05, 4.69) is 34.2 Å². The number of rotatable bonds is 2. The minimum atomic E-state index is 0.528. The van der Waals surface area contributed by atoms with Crippen LogP contribution in [0.2, 0.25) is 0 Å². The molecule has 1 saturated heterocycles. The van der Waals surface area contributed by atoms with Gasteiger partial charge in [-0.3, -0.25) is 4.90 Å². The first kappa shape index (κ1) is 10.6. The van der Waals surface area contributed by atoms with Gasteiger partial charge in [0.1, 0.15) is 0 Å². The molecule has 1 aliphatic rings. The molecule has 0 amide bonds. The minimum Gasteiger partial charge on any atom is -0.340 e. The van der Waals surface area contributed by atoms with Crippen LogP contribution in [-0.2, 0) is 6.54 Å². The lowest BCUT2D eigenvalue weighted by atomic mass is 10.1. The van der Waals surface area contributed by atoms with E-state index in [9.17, 15) is 0 Å². The van der Waals surface area contributed by atoms with Crippen molar-refractivity contribution in [1.29, 1.82) is 0 Å². The van der Waals surface area contributed by atoms with Crippen molar-refractivity contribution < 1.29 is 4.52 Å². The molecule has 15 heavy (non-hydrogen) atoms. The molecule has 2 heterocycles. The van der Waals surface area contributed by atoms with Crippen molar-refractivity contribution in [1.82, 2.24) is 20.4 Å². The summed E-state index contributed by atoms with van der Waals surface area (Å²) in [5.41, 5.74) is 0. The predicted molar refractivity (Wildman–Crippen MR) is 56.4 cm³/mol. The molecule has 0 aliphatic carbocycles. The lowest BCUT2D eigenvalue weighted by Crippen LogP contribution is -2.53. The summed E-state index contributed by atoms with van der Waals surface area (Å²) in [5.74, 6) is 1.43. The van der Waals surface area contributed by atoms with Gasteiger partial charge in [0, 0.05) is 32.1 Å². The second-order valence-corrected chi connectivity index (χ2v) is 4.32. The van der Waals surface area contributed by atoms with E-state index in [1.165, 1.54) is 0 Å². The molecule has 1 fully saturated rings. The number of aryl methyl sites for hydroxylation is 1. The maximum Gasteiger partial charge on any atom is 0.223 e. The Labute approximate surface area is 89.8 Å². The van der Waals surface area contributed by atoms with Crippen LogP contribution < -0.4 is 5.32 Å². The van der Waals surface area contributed by atoms with Gasteiger partial charge in [-0.2, -0.15) is 4.98 Å². The van der Waals surface area contributed by atoms with Gasteiger partial charge in [0.2, 0.25) is 5.89 Å². The molecule has 2 unspecified atom stereocenters. The molecule has 2 rings (SSSR count). The van der Waals surface area contributed by atoms with Crippen molar-refractivity contribution in [3.8, 4) is 0 Å². The maximum atomic E-state index is 4.96. The Morgan fingerprint density at radius 3 is 3.00 bits per heavy atom. The van der Waals surface area contributed by atoms with Crippen LogP contribution in [0.1, 0.15) is 25.6 Å². The third-order valence-corrected chi connectivity index (χ3v) is 2.81. The number of hydrogen-bond acceptors (Lipinski definition) is 5. The number of piperazine rings is 1. The first-order valence-corrected chi connectivity index (χ1v) is 5.42. The molecule has 0 radical (unpaired) electrons. The van der Waals surface area contributed by atoms with E-state index in [1.54, 1.807) is 0 Å². The fourth-order valence-electron chi connectivity index (χ4n) is 1.90. The van der Waals surface area contributed by atoms with Crippen LogP contribution in [0.15, 0.2) is 4.52 Å². The van der Waals surface area contributed by atoms with Crippen LogP contribution in [0.4, 0.5) is 0 Å². The zero-order valence-corrected chi connectivity index (χ0v) is 9.53. The third kappa shape index (κ3) is 2.54. The summed E-state index contributed by atoms with van der Waals surface area (Å²) in [6.45, 7) is 9.07. The van der Waals surface area contributed by atoms with Crippen LogP contribution in [0.3, 0.4) is 0 Å². The van der Waals surface area contributed by atoms with Crippen LogP contribution >= 0.6 is 0 Å². The summed E-state index contributed by atoms with van der Waals surface area (Å²) < 4.78 is 4.96. The van der Waals surface area contributed by atoms with Crippen molar-refractivity contribution >= 4 is 0 Å². The Morgan fingerprint density at radius 1 is 1.53 bits per heavy atom. The average Bonchev–Trinajstić information content (AvgIpc) is 2.58. The molecular formula is C10H18N4O. The molecule has 84 valence electrons. The number of aromatic nitrogens is 2. The highest BCUT2D eigenvalue weighted by molar-refractivity contribution is 4.88. The number of hydrogen-bond donors (Lipinski definition) is 1. The van der Waals surface area contributed by atoms with E-state index in [0.29, 0.717) is 18.0 Å². The molecule has 0 saturated carbocycles. The highest BCUT2D eigenvalue weighted by Crippen LogP contribution is 2.10. The summed E-state index contributed by atoms with van der Waals surface area (Å²) in [7, 11) is 0. The summed E-state index contributed by atoms with van der Waals surface area (Å²) in [6, 6.07) is 1.06. The van der Waals surface area contributed by atoms with Crippen LogP contribution in [-0.4, -0.2) is 40.2 Å². The zero-order chi connectivity index (χ0) is 10.8. The molecule has 1 aromatic rings. The summed E-state index contributed by atoms with van der Waals surface area (Å²) in [5, 5.41) is 7.37. The monoisotopic (exact) mass is 210 g/mol. The number of nitrogens with one attached hydrogen (secondary N) is 1. The quantitative estimate of drug-likeness (QED) is 0.773. The second kappa shape index (κ2) is 4.28. The Balaban J connectivity index is 1.98. The van der Waals surface area contributed by atoms with Gasteiger partial charge in [-0.25, -0.2) is 0 Å². The summed E-state index contributed by atoms with van der Waals surface area (Å²) >= 11 is 0. The van der Waals surface area contributed by atoms with Gasteiger partial charge in [-0.1, -0.05) is 5.16 Å². The molecule has 0 aromatic carbocycles. The first-order valence-electron chi connectivity index (χ1n) is 5.42. The van der Waals surface area contributed by atoms with Crippen molar-refractivity contribution in [2.45, 2.75) is 39.4 Å². The third-order valence-electron chi connectivity index (χ3n) is 2.81. The van der Waals surface area contributed by atoms with E-state index >= 15 is 0 Å². The van der Waals surface area contributed by atoms with Crippen molar-refractivity contribution in [3.05, 3.63) is 11.7 Å². The Hall–Kier alpha value is -0.940.